The Labute approximate surface area is 132 Å². The van der Waals surface area contributed by atoms with Crippen LogP contribution in [0.1, 0.15) is 51.0 Å². The molecule has 0 aromatic carbocycles. The molecule has 1 aliphatic rings. The van der Waals surface area contributed by atoms with E-state index in [-0.39, 0.29) is 0 Å². The lowest BCUT2D eigenvalue weighted by molar-refractivity contribution is 0.340. The maximum absolute atomic E-state index is 12.2. The minimum absolute atomic E-state index is 0.430. The van der Waals surface area contributed by atoms with E-state index in [1.165, 1.54) is 43.4 Å². The highest BCUT2D eigenvalue weighted by Gasteiger charge is 2.18. The molecular weight excluding hydrogens is 304 g/mol. The average Bonchev–Trinajstić information content (AvgIpc) is 2.96. The highest BCUT2D eigenvalue weighted by atomic mass is 32.2. The number of nitrogens with one attached hydrogen (secondary N) is 2. The van der Waals surface area contributed by atoms with Gasteiger partial charge in [-0.15, -0.1) is 11.3 Å². The lowest BCUT2D eigenvalue weighted by Gasteiger charge is -2.21. The molecule has 2 N–H and O–H groups in total. The topological polar surface area (TPSA) is 58.2 Å². The number of hydrogen-bond acceptors (Lipinski definition) is 4. The van der Waals surface area contributed by atoms with Crippen LogP contribution in [0.3, 0.4) is 0 Å². The van der Waals surface area contributed by atoms with Crippen LogP contribution in [0, 0.1) is 5.92 Å². The molecule has 0 bridgehead atoms. The second-order valence-electron chi connectivity index (χ2n) is 5.74. The van der Waals surface area contributed by atoms with Crippen molar-refractivity contribution >= 4 is 21.4 Å². The summed E-state index contributed by atoms with van der Waals surface area (Å²) in [6.07, 6.45) is 7.42. The van der Waals surface area contributed by atoms with Crippen molar-refractivity contribution in [3.05, 3.63) is 17.0 Å². The molecule has 1 saturated carbocycles. The molecule has 21 heavy (non-hydrogen) atoms. The summed E-state index contributed by atoms with van der Waals surface area (Å²) in [7, 11) is -3.32. The molecule has 0 saturated heterocycles. The monoisotopic (exact) mass is 330 g/mol. The van der Waals surface area contributed by atoms with Gasteiger partial charge in [-0.1, -0.05) is 39.0 Å². The first kappa shape index (κ1) is 16.9. The number of thiophene rings is 1. The predicted octanol–water partition coefficient (Wildman–Crippen LogP) is 3.11. The van der Waals surface area contributed by atoms with E-state index in [0.717, 1.165) is 25.1 Å². The summed E-state index contributed by atoms with van der Waals surface area (Å²) < 4.78 is 27.7. The molecule has 4 nitrogen and oxygen atoms in total. The zero-order valence-corrected chi connectivity index (χ0v) is 14.4. The van der Waals surface area contributed by atoms with Crippen LogP contribution in [0.25, 0.3) is 0 Å². The molecule has 1 aromatic heterocycles. The third-order valence-corrected chi connectivity index (χ3v) is 6.99. The van der Waals surface area contributed by atoms with Crippen molar-refractivity contribution in [2.75, 3.05) is 13.1 Å². The minimum atomic E-state index is -3.32. The van der Waals surface area contributed by atoms with Gasteiger partial charge in [-0.05, 0) is 35.9 Å². The fraction of sp³-hybridized carbons (Fsp3) is 0.733. The van der Waals surface area contributed by atoms with Gasteiger partial charge in [-0.2, -0.15) is 0 Å². The third-order valence-electron chi connectivity index (χ3n) is 4.04. The fourth-order valence-corrected chi connectivity index (χ4v) is 5.10. The van der Waals surface area contributed by atoms with Crippen molar-refractivity contribution in [2.45, 2.75) is 56.2 Å². The quantitative estimate of drug-likeness (QED) is 0.770. The lowest BCUT2D eigenvalue weighted by Crippen LogP contribution is -2.26. The zero-order chi connectivity index (χ0) is 15.1. The molecule has 120 valence electrons. The van der Waals surface area contributed by atoms with Gasteiger partial charge in [0.1, 0.15) is 4.21 Å². The smallest absolute Gasteiger partial charge is 0.250 e. The van der Waals surface area contributed by atoms with Gasteiger partial charge in [-0.25, -0.2) is 13.1 Å². The van der Waals surface area contributed by atoms with Gasteiger partial charge in [0.05, 0.1) is 0 Å². The normalized spacial score (nSPS) is 17.2. The van der Waals surface area contributed by atoms with Gasteiger partial charge >= 0.3 is 0 Å². The summed E-state index contributed by atoms with van der Waals surface area (Å²) in [5, 5.41) is 5.12. The van der Waals surface area contributed by atoms with Gasteiger partial charge in [0, 0.05) is 13.1 Å². The SMILES string of the molecule is CCNCc1csc(S(=O)(=O)NCCC2CCCCC2)c1. The van der Waals surface area contributed by atoms with Crippen LogP contribution in [0.15, 0.2) is 15.7 Å². The maximum Gasteiger partial charge on any atom is 0.250 e. The van der Waals surface area contributed by atoms with Crippen molar-refractivity contribution in [2.24, 2.45) is 5.92 Å². The Morgan fingerprint density at radius 1 is 1.29 bits per heavy atom. The molecule has 0 atom stereocenters. The summed E-state index contributed by atoms with van der Waals surface area (Å²) in [6.45, 7) is 4.21. The fourth-order valence-electron chi connectivity index (χ4n) is 2.80. The Morgan fingerprint density at radius 2 is 2.05 bits per heavy atom. The van der Waals surface area contributed by atoms with Crippen molar-refractivity contribution in [3.8, 4) is 0 Å². The van der Waals surface area contributed by atoms with E-state index in [1.54, 1.807) is 6.07 Å². The van der Waals surface area contributed by atoms with E-state index >= 15 is 0 Å². The average molecular weight is 331 g/mol. The molecule has 2 rings (SSSR count). The van der Waals surface area contributed by atoms with Gasteiger partial charge in [0.25, 0.3) is 0 Å². The molecule has 0 aliphatic heterocycles. The van der Waals surface area contributed by atoms with E-state index in [4.69, 9.17) is 0 Å². The summed E-state index contributed by atoms with van der Waals surface area (Å²) >= 11 is 1.30. The Bertz CT molecular complexity index is 520. The van der Waals surface area contributed by atoms with E-state index in [9.17, 15) is 8.42 Å². The van der Waals surface area contributed by atoms with Crippen LogP contribution in [0.4, 0.5) is 0 Å². The Balaban J connectivity index is 1.81. The van der Waals surface area contributed by atoms with Crippen LogP contribution in [-0.2, 0) is 16.6 Å². The molecule has 0 spiro atoms. The van der Waals surface area contributed by atoms with Crippen molar-refractivity contribution in [1.82, 2.24) is 10.0 Å². The van der Waals surface area contributed by atoms with Gasteiger partial charge in [0.2, 0.25) is 10.0 Å². The molecule has 0 unspecified atom stereocenters. The Kier molecular flexibility index (Phi) is 6.67. The van der Waals surface area contributed by atoms with Crippen molar-refractivity contribution < 1.29 is 8.42 Å². The predicted molar refractivity (Wildman–Crippen MR) is 88.1 cm³/mol. The molecule has 1 aliphatic carbocycles. The molecule has 1 heterocycles. The van der Waals surface area contributed by atoms with E-state index in [0.29, 0.717) is 16.7 Å². The largest absolute Gasteiger partial charge is 0.313 e. The van der Waals surface area contributed by atoms with Crippen LogP contribution in [0.2, 0.25) is 0 Å². The van der Waals surface area contributed by atoms with Crippen LogP contribution >= 0.6 is 11.3 Å². The second kappa shape index (κ2) is 8.27. The number of hydrogen-bond donors (Lipinski definition) is 2. The molecule has 1 fully saturated rings. The number of sulfonamides is 1. The molecule has 6 heteroatoms. The summed E-state index contributed by atoms with van der Waals surface area (Å²) in [4.78, 5) is 0. The van der Waals surface area contributed by atoms with Crippen LogP contribution < -0.4 is 10.0 Å². The van der Waals surface area contributed by atoms with Gasteiger partial charge < -0.3 is 5.32 Å². The Morgan fingerprint density at radius 3 is 2.76 bits per heavy atom. The van der Waals surface area contributed by atoms with Crippen molar-refractivity contribution in [1.29, 1.82) is 0 Å². The molecule has 0 amide bonds. The third kappa shape index (κ3) is 5.36. The summed E-state index contributed by atoms with van der Waals surface area (Å²) in [5.41, 5.74) is 1.04. The van der Waals surface area contributed by atoms with Gasteiger partial charge in [-0.3, -0.25) is 0 Å². The zero-order valence-electron chi connectivity index (χ0n) is 12.7. The maximum atomic E-state index is 12.2. The molecular formula is C15H26N2O2S2. The molecule has 0 radical (unpaired) electrons. The first-order valence-corrected chi connectivity index (χ1v) is 10.3. The molecule has 1 aromatic rings. The second-order valence-corrected chi connectivity index (χ2v) is 8.65. The standard InChI is InChI=1S/C15H26N2O2S2/c1-2-16-11-14-10-15(20-12-14)21(18,19)17-9-8-13-6-4-3-5-7-13/h10,12-13,16-17H,2-9,11H2,1H3. The number of rotatable bonds is 8. The van der Waals surface area contributed by atoms with E-state index in [1.807, 2.05) is 12.3 Å². The minimum Gasteiger partial charge on any atom is -0.313 e. The van der Waals surface area contributed by atoms with E-state index in [2.05, 4.69) is 10.0 Å². The summed E-state index contributed by atoms with van der Waals surface area (Å²) in [5.74, 6) is 0.703. The summed E-state index contributed by atoms with van der Waals surface area (Å²) in [6, 6.07) is 1.77. The van der Waals surface area contributed by atoms with E-state index < -0.39 is 10.0 Å². The highest BCUT2D eigenvalue weighted by molar-refractivity contribution is 7.91. The van der Waals surface area contributed by atoms with Crippen LogP contribution in [0.5, 0.6) is 0 Å². The highest BCUT2D eigenvalue weighted by Crippen LogP contribution is 2.26. The Hall–Kier alpha value is -0.430. The van der Waals surface area contributed by atoms with Crippen LogP contribution in [-0.4, -0.2) is 21.5 Å². The van der Waals surface area contributed by atoms with Crippen molar-refractivity contribution in [3.63, 3.8) is 0 Å². The first-order chi connectivity index (χ1) is 10.1. The van der Waals surface area contributed by atoms with Gasteiger partial charge in [0.15, 0.2) is 0 Å². The lowest BCUT2D eigenvalue weighted by atomic mass is 9.87. The first-order valence-electron chi connectivity index (χ1n) is 7.89.